The Balaban J connectivity index is 3.11. The smallest absolute Gasteiger partial charge is 0.203 e. The Hall–Kier alpha value is -1.68. The fourth-order valence-electron chi connectivity index (χ4n) is 1.52. The molecular weight excluding hydrogens is 218 g/mol. The predicted molar refractivity (Wildman–Crippen MR) is 68.0 cm³/mol. The normalized spacial score (nSPS) is 9.82. The highest BCUT2D eigenvalue weighted by atomic mass is 16.5. The van der Waals surface area contributed by atoms with Crippen molar-refractivity contribution in [2.24, 2.45) is 0 Å². The molecule has 0 aliphatic rings. The molecule has 0 aliphatic heterocycles. The van der Waals surface area contributed by atoms with Gasteiger partial charge in [-0.2, -0.15) is 0 Å². The summed E-state index contributed by atoms with van der Waals surface area (Å²) in [5.74, 6) is 1.93. The van der Waals surface area contributed by atoms with E-state index < -0.39 is 0 Å². The minimum atomic E-state index is 0.415. The van der Waals surface area contributed by atoms with Crippen molar-refractivity contribution in [2.75, 3.05) is 27.9 Å². The molecule has 0 aromatic heterocycles. The Bertz CT molecular complexity index is 352. The molecule has 0 heterocycles. The molecule has 0 bridgehead atoms. The summed E-state index contributed by atoms with van der Waals surface area (Å²) in [4.78, 5) is 0. The summed E-state index contributed by atoms with van der Waals surface area (Å²) in [6.07, 6.45) is 1.68. The van der Waals surface area contributed by atoms with Gasteiger partial charge >= 0.3 is 0 Å². The van der Waals surface area contributed by atoms with Gasteiger partial charge in [0.2, 0.25) is 5.75 Å². The van der Waals surface area contributed by atoms with Crippen molar-refractivity contribution < 1.29 is 14.2 Å². The average Bonchev–Trinajstić information content (AvgIpc) is 2.36. The van der Waals surface area contributed by atoms with Gasteiger partial charge in [0.1, 0.15) is 6.61 Å². The highest BCUT2D eigenvalue weighted by molar-refractivity contribution is 5.53. The van der Waals surface area contributed by atoms with Crippen molar-refractivity contribution in [1.29, 1.82) is 0 Å². The first-order valence-electron chi connectivity index (χ1n) is 5.40. The molecular formula is C13H19NO3. The van der Waals surface area contributed by atoms with Crippen LogP contribution in [-0.4, -0.2) is 27.9 Å². The van der Waals surface area contributed by atoms with Gasteiger partial charge in [0.15, 0.2) is 11.5 Å². The van der Waals surface area contributed by atoms with Crippen LogP contribution in [0.1, 0.15) is 5.56 Å². The summed E-state index contributed by atoms with van der Waals surface area (Å²) in [6.45, 7) is 4.78. The Labute approximate surface area is 102 Å². The number of hydrogen-bond acceptors (Lipinski definition) is 4. The third-order valence-corrected chi connectivity index (χ3v) is 2.25. The van der Waals surface area contributed by atoms with Crippen LogP contribution in [0.15, 0.2) is 24.8 Å². The van der Waals surface area contributed by atoms with Gasteiger partial charge in [0.05, 0.1) is 14.2 Å². The maximum absolute atomic E-state index is 5.54. The Morgan fingerprint density at radius 3 is 2.24 bits per heavy atom. The van der Waals surface area contributed by atoms with Gasteiger partial charge in [0, 0.05) is 6.54 Å². The van der Waals surface area contributed by atoms with E-state index in [4.69, 9.17) is 14.2 Å². The summed E-state index contributed by atoms with van der Waals surface area (Å²) in [7, 11) is 5.11. The quantitative estimate of drug-likeness (QED) is 0.736. The van der Waals surface area contributed by atoms with Crippen molar-refractivity contribution in [3.05, 3.63) is 30.4 Å². The van der Waals surface area contributed by atoms with Crippen LogP contribution in [0, 0.1) is 0 Å². The number of nitrogens with one attached hydrogen (secondary N) is 1. The highest BCUT2D eigenvalue weighted by Gasteiger charge is 2.13. The van der Waals surface area contributed by atoms with E-state index in [0.29, 0.717) is 23.9 Å². The summed E-state index contributed by atoms with van der Waals surface area (Å²) >= 11 is 0. The number of rotatable bonds is 7. The van der Waals surface area contributed by atoms with Crippen molar-refractivity contribution in [3.8, 4) is 17.2 Å². The van der Waals surface area contributed by atoms with E-state index in [0.717, 1.165) is 12.1 Å². The highest BCUT2D eigenvalue weighted by Crippen LogP contribution is 2.38. The third-order valence-electron chi connectivity index (χ3n) is 2.25. The number of benzene rings is 1. The van der Waals surface area contributed by atoms with Crippen LogP contribution in [0.3, 0.4) is 0 Å². The van der Waals surface area contributed by atoms with Gasteiger partial charge in [0.25, 0.3) is 0 Å². The molecule has 94 valence electrons. The maximum Gasteiger partial charge on any atom is 0.203 e. The number of hydrogen-bond donors (Lipinski definition) is 1. The first-order chi connectivity index (χ1) is 8.26. The third kappa shape index (κ3) is 3.39. The lowest BCUT2D eigenvalue weighted by molar-refractivity contribution is 0.300. The predicted octanol–water partition coefficient (Wildman–Crippen LogP) is 1.99. The Kier molecular flexibility index (Phi) is 5.36. The minimum Gasteiger partial charge on any atom is -0.493 e. The van der Waals surface area contributed by atoms with E-state index in [9.17, 15) is 0 Å². The molecule has 0 aliphatic carbocycles. The molecule has 0 amide bonds. The molecule has 0 atom stereocenters. The van der Waals surface area contributed by atoms with E-state index in [1.807, 2.05) is 19.2 Å². The summed E-state index contributed by atoms with van der Waals surface area (Å²) in [5, 5.41) is 3.08. The lowest BCUT2D eigenvalue weighted by Crippen LogP contribution is -2.06. The van der Waals surface area contributed by atoms with Crippen LogP contribution < -0.4 is 19.5 Å². The van der Waals surface area contributed by atoms with E-state index in [-0.39, 0.29) is 0 Å². The monoisotopic (exact) mass is 237 g/mol. The van der Waals surface area contributed by atoms with E-state index in [1.54, 1.807) is 20.3 Å². The lowest BCUT2D eigenvalue weighted by atomic mass is 10.2. The zero-order valence-corrected chi connectivity index (χ0v) is 10.6. The zero-order valence-electron chi connectivity index (χ0n) is 10.6. The molecule has 0 saturated carbocycles. The van der Waals surface area contributed by atoms with E-state index in [1.165, 1.54) is 0 Å². The van der Waals surface area contributed by atoms with Crippen LogP contribution in [0.4, 0.5) is 0 Å². The first kappa shape index (κ1) is 13.4. The van der Waals surface area contributed by atoms with Crippen molar-refractivity contribution >= 4 is 0 Å². The molecule has 1 aromatic rings. The van der Waals surface area contributed by atoms with Gasteiger partial charge in [-0.3, -0.25) is 0 Å². The molecule has 0 unspecified atom stereocenters. The van der Waals surface area contributed by atoms with E-state index in [2.05, 4.69) is 11.9 Å². The molecule has 0 fully saturated rings. The SMILES string of the molecule is C=CCOc1c(OC)cc(CNC)cc1OC. The Morgan fingerprint density at radius 1 is 1.24 bits per heavy atom. The van der Waals surface area contributed by atoms with Gasteiger partial charge < -0.3 is 19.5 Å². The van der Waals surface area contributed by atoms with Crippen LogP contribution >= 0.6 is 0 Å². The second-order valence-corrected chi connectivity index (χ2v) is 3.46. The van der Waals surface area contributed by atoms with Gasteiger partial charge in [-0.15, -0.1) is 0 Å². The van der Waals surface area contributed by atoms with E-state index >= 15 is 0 Å². The Morgan fingerprint density at radius 2 is 1.82 bits per heavy atom. The van der Waals surface area contributed by atoms with Gasteiger partial charge in [-0.25, -0.2) is 0 Å². The zero-order chi connectivity index (χ0) is 12.7. The van der Waals surface area contributed by atoms with Crippen LogP contribution in [-0.2, 0) is 6.54 Å². The van der Waals surface area contributed by atoms with Crippen molar-refractivity contribution in [2.45, 2.75) is 6.54 Å². The number of methoxy groups -OCH3 is 2. The van der Waals surface area contributed by atoms with Crippen LogP contribution in [0.5, 0.6) is 17.2 Å². The molecule has 1 rings (SSSR count). The number of ether oxygens (including phenoxy) is 3. The molecule has 0 radical (unpaired) electrons. The molecule has 4 heteroatoms. The second kappa shape index (κ2) is 6.81. The molecule has 1 aromatic carbocycles. The van der Waals surface area contributed by atoms with Crippen LogP contribution in [0.2, 0.25) is 0 Å². The maximum atomic E-state index is 5.54. The first-order valence-corrected chi connectivity index (χ1v) is 5.40. The van der Waals surface area contributed by atoms with Gasteiger partial charge in [-0.05, 0) is 24.7 Å². The fraction of sp³-hybridized carbons (Fsp3) is 0.385. The average molecular weight is 237 g/mol. The molecule has 4 nitrogen and oxygen atoms in total. The molecule has 1 N–H and O–H groups in total. The summed E-state index contributed by atoms with van der Waals surface area (Å²) in [6, 6.07) is 3.86. The molecule has 0 saturated heterocycles. The molecule has 17 heavy (non-hydrogen) atoms. The molecule has 0 spiro atoms. The van der Waals surface area contributed by atoms with Crippen molar-refractivity contribution in [3.63, 3.8) is 0 Å². The lowest BCUT2D eigenvalue weighted by Gasteiger charge is -2.15. The van der Waals surface area contributed by atoms with Crippen LogP contribution in [0.25, 0.3) is 0 Å². The second-order valence-electron chi connectivity index (χ2n) is 3.46. The topological polar surface area (TPSA) is 39.7 Å². The fourth-order valence-corrected chi connectivity index (χ4v) is 1.52. The van der Waals surface area contributed by atoms with Gasteiger partial charge in [-0.1, -0.05) is 12.7 Å². The van der Waals surface area contributed by atoms with Crippen molar-refractivity contribution in [1.82, 2.24) is 5.32 Å². The standard InChI is InChI=1S/C13H19NO3/c1-5-6-17-13-11(15-3)7-10(9-14-2)8-12(13)16-4/h5,7-8,14H,1,6,9H2,2-4H3. The minimum absolute atomic E-state index is 0.415. The summed E-state index contributed by atoms with van der Waals surface area (Å²) < 4.78 is 16.2. The largest absolute Gasteiger partial charge is 0.493 e. The summed E-state index contributed by atoms with van der Waals surface area (Å²) in [5.41, 5.74) is 1.08.